The lowest BCUT2D eigenvalue weighted by Crippen LogP contribution is -2.11. The summed E-state index contributed by atoms with van der Waals surface area (Å²) in [5.74, 6) is 0.158. The highest BCUT2D eigenvalue weighted by Crippen LogP contribution is 2.29. The molecule has 4 rings (SSSR count). The minimum atomic E-state index is -0.338. The van der Waals surface area contributed by atoms with Gasteiger partial charge in [0.05, 0.1) is 0 Å². The molecule has 0 unspecified atom stereocenters. The van der Waals surface area contributed by atoms with Gasteiger partial charge >= 0.3 is 0 Å². The first-order chi connectivity index (χ1) is 12.2. The summed E-state index contributed by atoms with van der Waals surface area (Å²) in [6.07, 6.45) is 0. The van der Waals surface area contributed by atoms with Crippen LogP contribution in [-0.2, 0) is 5.75 Å². The summed E-state index contributed by atoms with van der Waals surface area (Å²) in [6.45, 7) is 0. The Balaban J connectivity index is 1.43. The Morgan fingerprint density at radius 2 is 2.20 bits per heavy atom. The Morgan fingerprint density at radius 1 is 1.28 bits per heavy atom. The molecule has 0 saturated heterocycles. The second kappa shape index (κ2) is 6.95. The first-order valence-electron chi connectivity index (χ1n) is 7.26. The van der Waals surface area contributed by atoms with Crippen LogP contribution in [0.25, 0.3) is 10.9 Å². The van der Waals surface area contributed by atoms with Crippen LogP contribution in [0.15, 0.2) is 46.1 Å². The molecule has 2 N–H and O–H groups in total. The number of amides is 1. The van der Waals surface area contributed by atoms with Gasteiger partial charge in [-0.05, 0) is 35.7 Å². The fourth-order valence-corrected chi connectivity index (χ4v) is 4.76. The summed E-state index contributed by atoms with van der Waals surface area (Å²) in [5.41, 5.74) is 1.06. The summed E-state index contributed by atoms with van der Waals surface area (Å²) in [6, 6.07) is 10.0. The van der Waals surface area contributed by atoms with E-state index in [1.165, 1.54) is 28.3 Å². The summed E-state index contributed by atoms with van der Waals surface area (Å²) in [5, 5.41) is 13.9. The summed E-state index contributed by atoms with van der Waals surface area (Å²) >= 11 is 4.60. The molecule has 0 aliphatic rings. The molecule has 0 bridgehead atoms. The molecule has 25 heavy (non-hydrogen) atoms. The maximum absolute atomic E-state index is 13.2. The molecule has 3 heterocycles. The average molecular weight is 390 g/mol. The number of aromatic nitrogens is 3. The van der Waals surface area contributed by atoms with Crippen molar-refractivity contribution in [1.82, 2.24) is 15.2 Å². The number of aromatic amines is 1. The summed E-state index contributed by atoms with van der Waals surface area (Å²) in [7, 11) is 0. The van der Waals surface area contributed by atoms with Crippen molar-refractivity contribution in [1.29, 1.82) is 0 Å². The lowest BCUT2D eigenvalue weighted by atomic mass is 10.2. The molecule has 0 fully saturated rings. The first kappa shape index (κ1) is 16.2. The van der Waals surface area contributed by atoms with E-state index >= 15 is 0 Å². The van der Waals surface area contributed by atoms with Gasteiger partial charge in [-0.2, -0.15) is 0 Å². The maximum atomic E-state index is 13.2. The predicted octanol–water partition coefficient (Wildman–Crippen LogP) is 4.76. The first-order valence-corrected chi connectivity index (χ1v) is 9.94. The van der Waals surface area contributed by atoms with Gasteiger partial charge in [0.1, 0.15) is 11.5 Å². The van der Waals surface area contributed by atoms with E-state index in [4.69, 9.17) is 0 Å². The van der Waals surface area contributed by atoms with Gasteiger partial charge < -0.3 is 4.98 Å². The van der Waals surface area contributed by atoms with E-state index in [1.807, 2.05) is 11.4 Å². The van der Waals surface area contributed by atoms with Crippen LogP contribution >= 0.6 is 34.4 Å². The number of halogens is 1. The average Bonchev–Trinajstić information content (AvgIpc) is 3.33. The maximum Gasteiger partial charge on any atom is 0.273 e. The minimum Gasteiger partial charge on any atom is -0.351 e. The number of rotatable bonds is 5. The van der Waals surface area contributed by atoms with Crippen LogP contribution < -0.4 is 5.32 Å². The van der Waals surface area contributed by atoms with Gasteiger partial charge in [0, 0.05) is 21.5 Å². The fraction of sp³-hybridized carbons (Fsp3) is 0.0625. The van der Waals surface area contributed by atoms with Crippen molar-refractivity contribution < 1.29 is 9.18 Å². The van der Waals surface area contributed by atoms with Crippen molar-refractivity contribution in [3.8, 4) is 0 Å². The number of thioether (sulfide) groups is 1. The smallest absolute Gasteiger partial charge is 0.273 e. The number of fused-ring (bicyclic) bond motifs is 1. The van der Waals surface area contributed by atoms with Crippen LogP contribution in [0.3, 0.4) is 0 Å². The topological polar surface area (TPSA) is 70.7 Å². The van der Waals surface area contributed by atoms with Crippen LogP contribution in [-0.4, -0.2) is 21.1 Å². The zero-order valence-electron chi connectivity index (χ0n) is 12.7. The second-order valence-corrected chi connectivity index (χ2v) is 8.34. The molecule has 0 radical (unpaired) electrons. The van der Waals surface area contributed by atoms with Crippen molar-refractivity contribution in [3.05, 3.63) is 58.2 Å². The highest BCUT2D eigenvalue weighted by molar-refractivity contribution is 8.00. The molecule has 0 aliphatic carbocycles. The van der Waals surface area contributed by atoms with E-state index < -0.39 is 0 Å². The zero-order valence-corrected chi connectivity index (χ0v) is 15.1. The Hall–Kier alpha value is -2.23. The third-order valence-corrected chi connectivity index (χ3v) is 6.45. The largest absolute Gasteiger partial charge is 0.351 e. The fourth-order valence-electron chi connectivity index (χ4n) is 2.24. The van der Waals surface area contributed by atoms with Gasteiger partial charge in [0.2, 0.25) is 5.13 Å². The molecule has 4 aromatic rings. The highest BCUT2D eigenvalue weighted by Gasteiger charge is 2.13. The normalized spacial score (nSPS) is 11.1. The lowest BCUT2D eigenvalue weighted by molar-refractivity contribution is 0.102. The second-order valence-electron chi connectivity index (χ2n) is 5.11. The molecular weight excluding hydrogens is 379 g/mol. The Labute approximate surface area is 154 Å². The van der Waals surface area contributed by atoms with E-state index in [2.05, 4.69) is 26.6 Å². The number of nitrogens with one attached hydrogen (secondary N) is 2. The van der Waals surface area contributed by atoms with Crippen molar-refractivity contribution in [2.75, 3.05) is 5.32 Å². The molecule has 1 amide bonds. The monoisotopic (exact) mass is 390 g/mol. The standard InChI is InChI=1S/C16H11FN4OS3/c17-10-3-4-12-9(6-10)7-13(18-12)14(22)19-15-20-21-16(25-15)24-8-11-2-1-5-23-11/h1-7,18H,8H2,(H,19,20,22). The Kier molecular flexibility index (Phi) is 4.51. The van der Waals surface area contributed by atoms with Gasteiger partial charge in [-0.25, -0.2) is 4.39 Å². The molecule has 0 aliphatic heterocycles. The zero-order chi connectivity index (χ0) is 17.2. The number of nitrogens with zero attached hydrogens (tertiary/aromatic N) is 2. The Bertz CT molecular complexity index is 1030. The third-order valence-electron chi connectivity index (χ3n) is 3.37. The number of H-pyrrole nitrogens is 1. The van der Waals surface area contributed by atoms with E-state index in [-0.39, 0.29) is 11.7 Å². The van der Waals surface area contributed by atoms with Crippen LogP contribution in [0.2, 0.25) is 0 Å². The van der Waals surface area contributed by atoms with Crippen LogP contribution in [0.4, 0.5) is 9.52 Å². The minimum absolute atomic E-state index is 0.331. The number of thiophene rings is 1. The van der Waals surface area contributed by atoms with E-state index in [1.54, 1.807) is 35.2 Å². The van der Waals surface area contributed by atoms with E-state index in [9.17, 15) is 9.18 Å². The molecule has 1 aromatic carbocycles. The van der Waals surface area contributed by atoms with Crippen molar-refractivity contribution in [2.45, 2.75) is 10.1 Å². The highest BCUT2D eigenvalue weighted by atomic mass is 32.2. The molecule has 5 nitrogen and oxygen atoms in total. The predicted molar refractivity (Wildman–Crippen MR) is 100.0 cm³/mol. The number of carbonyl (C=O) groups excluding carboxylic acids is 1. The molecular formula is C16H11FN4OS3. The quantitative estimate of drug-likeness (QED) is 0.381. The summed E-state index contributed by atoms with van der Waals surface area (Å²) < 4.78 is 14.0. The Morgan fingerprint density at radius 3 is 3.04 bits per heavy atom. The van der Waals surface area contributed by atoms with Gasteiger partial charge in [-0.15, -0.1) is 21.5 Å². The van der Waals surface area contributed by atoms with Gasteiger partial charge in [0.25, 0.3) is 5.91 Å². The van der Waals surface area contributed by atoms with Gasteiger partial charge in [-0.1, -0.05) is 29.2 Å². The van der Waals surface area contributed by atoms with Gasteiger partial charge in [-0.3, -0.25) is 10.1 Å². The van der Waals surface area contributed by atoms with Crippen LogP contribution in [0.1, 0.15) is 15.4 Å². The molecule has 3 aromatic heterocycles. The van der Waals surface area contributed by atoms with Crippen LogP contribution in [0, 0.1) is 5.82 Å². The molecule has 9 heteroatoms. The number of anilines is 1. The molecule has 0 saturated carbocycles. The SMILES string of the molecule is O=C(Nc1nnc(SCc2cccs2)s1)c1cc2cc(F)ccc2[nH]1. The number of hydrogen-bond acceptors (Lipinski definition) is 6. The van der Waals surface area contributed by atoms with Crippen LogP contribution in [0.5, 0.6) is 0 Å². The molecule has 126 valence electrons. The van der Waals surface area contributed by atoms with Crippen molar-refractivity contribution in [2.24, 2.45) is 0 Å². The molecule has 0 atom stereocenters. The number of benzene rings is 1. The molecule has 0 spiro atoms. The van der Waals surface area contributed by atoms with E-state index in [0.29, 0.717) is 21.7 Å². The van der Waals surface area contributed by atoms with Crippen molar-refractivity contribution >= 4 is 56.4 Å². The summed E-state index contributed by atoms with van der Waals surface area (Å²) in [4.78, 5) is 16.5. The number of hydrogen-bond donors (Lipinski definition) is 2. The lowest BCUT2D eigenvalue weighted by Gasteiger charge is -1.97. The number of carbonyl (C=O) groups is 1. The van der Waals surface area contributed by atoms with Crippen molar-refractivity contribution in [3.63, 3.8) is 0 Å². The third kappa shape index (κ3) is 3.73. The van der Waals surface area contributed by atoms with Gasteiger partial charge in [0.15, 0.2) is 4.34 Å². The van der Waals surface area contributed by atoms with E-state index in [0.717, 1.165) is 10.1 Å².